The van der Waals surface area contributed by atoms with Crippen LogP contribution in [0.2, 0.25) is 0 Å². The number of aromatic nitrogens is 2. The first kappa shape index (κ1) is 19.5. The van der Waals surface area contributed by atoms with Crippen LogP contribution in [-0.4, -0.2) is 79.7 Å². The Bertz CT molecular complexity index is 672. The maximum atomic E-state index is 12.6. The lowest BCUT2D eigenvalue weighted by molar-refractivity contribution is -0.0431. The quantitative estimate of drug-likeness (QED) is 0.734. The lowest BCUT2D eigenvalue weighted by Gasteiger charge is -2.32. The summed E-state index contributed by atoms with van der Waals surface area (Å²) in [4.78, 5) is 25.8. The Morgan fingerprint density at radius 3 is 2.71 bits per heavy atom. The van der Waals surface area contributed by atoms with Crippen molar-refractivity contribution in [2.75, 3.05) is 58.0 Å². The Morgan fingerprint density at radius 1 is 1.21 bits per heavy atom. The lowest BCUT2D eigenvalue weighted by Crippen LogP contribution is -2.40. The van der Waals surface area contributed by atoms with E-state index in [2.05, 4.69) is 14.9 Å². The van der Waals surface area contributed by atoms with E-state index in [1.807, 2.05) is 0 Å². The van der Waals surface area contributed by atoms with E-state index < -0.39 is 5.60 Å². The molecule has 0 aromatic carbocycles. The highest BCUT2D eigenvalue weighted by Gasteiger charge is 2.47. The number of piperidine rings is 1. The van der Waals surface area contributed by atoms with Crippen LogP contribution in [0, 0.1) is 5.92 Å². The van der Waals surface area contributed by atoms with Crippen LogP contribution in [0.1, 0.15) is 31.4 Å². The molecule has 1 aromatic rings. The number of carbonyl (C=O) groups is 1. The van der Waals surface area contributed by atoms with E-state index in [0.29, 0.717) is 31.5 Å². The van der Waals surface area contributed by atoms with E-state index in [0.717, 1.165) is 64.0 Å². The molecule has 0 unspecified atom stereocenters. The van der Waals surface area contributed by atoms with Gasteiger partial charge >= 0.3 is 6.09 Å². The number of likely N-dealkylation sites (tertiary alicyclic amines) is 1. The minimum atomic E-state index is -0.434. The number of amides is 1. The third-order valence-corrected chi connectivity index (χ3v) is 6.18. The van der Waals surface area contributed by atoms with Gasteiger partial charge in [-0.05, 0) is 38.3 Å². The second-order valence-electron chi connectivity index (χ2n) is 8.06. The van der Waals surface area contributed by atoms with Gasteiger partial charge in [-0.15, -0.1) is 0 Å². The molecule has 4 rings (SSSR count). The number of ether oxygens (including phenoxy) is 3. The van der Waals surface area contributed by atoms with Gasteiger partial charge < -0.3 is 19.1 Å². The smallest absolute Gasteiger partial charge is 0.416 e. The molecule has 3 aliphatic rings. The normalized spacial score (nSPS) is 23.3. The van der Waals surface area contributed by atoms with Crippen LogP contribution in [0.5, 0.6) is 0 Å². The standard InChI is InChI=1S/C20H30N4O4/c1-26-13-10-23-8-2-16(3-9-23)14-17-18(22-7-6-21-17)24-15-20(28-19(24)25)4-11-27-12-5-20/h6-7,16H,2-5,8-15H2,1H3. The summed E-state index contributed by atoms with van der Waals surface area (Å²) in [6, 6.07) is 0. The summed E-state index contributed by atoms with van der Waals surface area (Å²) in [7, 11) is 1.75. The van der Waals surface area contributed by atoms with Crippen molar-refractivity contribution in [3.63, 3.8) is 0 Å². The summed E-state index contributed by atoms with van der Waals surface area (Å²) in [5.41, 5.74) is 0.468. The number of hydrogen-bond donors (Lipinski definition) is 0. The molecule has 8 heteroatoms. The van der Waals surface area contributed by atoms with Gasteiger partial charge in [-0.25, -0.2) is 9.78 Å². The molecule has 154 valence electrons. The summed E-state index contributed by atoms with van der Waals surface area (Å²) in [5, 5.41) is 0. The van der Waals surface area contributed by atoms with Crippen LogP contribution in [0.3, 0.4) is 0 Å². The molecule has 8 nitrogen and oxygen atoms in total. The van der Waals surface area contributed by atoms with Crippen molar-refractivity contribution in [2.45, 2.75) is 37.7 Å². The topological polar surface area (TPSA) is 77.0 Å². The van der Waals surface area contributed by atoms with Gasteiger partial charge in [0.05, 0.1) is 32.1 Å². The van der Waals surface area contributed by atoms with Crippen LogP contribution in [0.25, 0.3) is 0 Å². The van der Waals surface area contributed by atoms with Crippen molar-refractivity contribution in [1.29, 1.82) is 0 Å². The van der Waals surface area contributed by atoms with Gasteiger partial charge in [-0.2, -0.15) is 0 Å². The van der Waals surface area contributed by atoms with Crippen molar-refractivity contribution >= 4 is 11.9 Å². The zero-order chi connectivity index (χ0) is 19.4. The minimum Gasteiger partial charge on any atom is -0.440 e. The third kappa shape index (κ3) is 4.29. The molecule has 3 fully saturated rings. The average molecular weight is 390 g/mol. The van der Waals surface area contributed by atoms with Crippen LogP contribution in [0.15, 0.2) is 12.4 Å². The van der Waals surface area contributed by atoms with Crippen molar-refractivity contribution in [3.8, 4) is 0 Å². The summed E-state index contributed by atoms with van der Waals surface area (Å²) in [6.07, 6.45) is 7.67. The van der Waals surface area contributed by atoms with Crippen molar-refractivity contribution in [1.82, 2.24) is 14.9 Å². The number of methoxy groups -OCH3 is 1. The molecule has 0 N–H and O–H groups in total. The van der Waals surface area contributed by atoms with Crippen molar-refractivity contribution < 1.29 is 19.0 Å². The Labute approximate surface area is 166 Å². The van der Waals surface area contributed by atoms with Gasteiger partial charge in [0.25, 0.3) is 0 Å². The number of hydrogen-bond acceptors (Lipinski definition) is 7. The van der Waals surface area contributed by atoms with Crippen molar-refractivity contribution in [2.24, 2.45) is 5.92 Å². The Kier molecular flexibility index (Phi) is 6.08. The number of rotatable bonds is 6. The summed E-state index contributed by atoms with van der Waals surface area (Å²) in [5.74, 6) is 1.22. The molecule has 3 saturated heterocycles. The van der Waals surface area contributed by atoms with Gasteiger partial charge in [0.2, 0.25) is 0 Å². The molecule has 1 aromatic heterocycles. The molecule has 3 aliphatic heterocycles. The Morgan fingerprint density at radius 2 is 1.96 bits per heavy atom. The molecule has 0 aliphatic carbocycles. The minimum absolute atomic E-state index is 0.307. The van der Waals surface area contributed by atoms with Gasteiger partial charge in [-0.3, -0.25) is 9.88 Å². The number of carbonyl (C=O) groups excluding carboxylic acids is 1. The first-order valence-corrected chi connectivity index (χ1v) is 10.3. The summed E-state index contributed by atoms with van der Waals surface area (Å²) in [6.45, 7) is 5.74. The molecular weight excluding hydrogens is 360 g/mol. The molecule has 0 radical (unpaired) electrons. The van der Waals surface area contributed by atoms with Crippen LogP contribution >= 0.6 is 0 Å². The highest BCUT2D eigenvalue weighted by atomic mass is 16.6. The van der Waals surface area contributed by atoms with E-state index in [1.165, 1.54) is 0 Å². The van der Waals surface area contributed by atoms with Crippen LogP contribution in [0.4, 0.5) is 10.6 Å². The SMILES string of the molecule is COCCN1CCC(Cc2nccnc2N2CC3(CCOCC3)OC2=O)CC1. The Balaban J connectivity index is 1.41. The van der Waals surface area contributed by atoms with Gasteiger partial charge in [0, 0.05) is 38.9 Å². The van der Waals surface area contributed by atoms with Crippen LogP contribution < -0.4 is 4.90 Å². The molecule has 0 bridgehead atoms. The van der Waals surface area contributed by atoms with E-state index in [1.54, 1.807) is 24.4 Å². The maximum absolute atomic E-state index is 12.6. The summed E-state index contributed by atoms with van der Waals surface area (Å²) >= 11 is 0. The van der Waals surface area contributed by atoms with E-state index in [4.69, 9.17) is 14.2 Å². The highest BCUT2D eigenvalue weighted by Crippen LogP contribution is 2.36. The molecule has 1 amide bonds. The third-order valence-electron chi connectivity index (χ3n) is 6.18. The second-order valence-corrected chi connectivity index (χ2v) is 8.06. The van der Waals surface area contributed by atoms with Gasteiger partial charge in [0.15, 0.2) is 5.82 Å². The molecule has 1 spiro atoms. The van der Waals surface area contributed by atoms with Gasteiger partial charge in [-0.1, -0.05) is 0 Å². The zero-order valence-electron chi connectivity index (χ0n) is 16.6. The molecule has 28 heavy (non-hydrogen) atoms. The largest absolute Gasteiger partial charge is 0.440 e. The molecule has 4 heterocycles. The fourth-order valence-electron chi connectivity index (χ4n) is 4.43. The van der Waals surface area contributed by atoms with E-state index >= 15 is 0 Å². The first-order chi connectivity index (χ1) is 13.7. The average Bonchev–Trinajstić information content (AvgIpc) is 3.03. The molecule has 0 atom stereocenters. The fraction of sp³-hybridized carbons (Fsp3) is 0.750. The van der Waals surface area contributed by atoms with E-state index in [9.17, 15) is 4.79 Å². The number of nitrogens with zero attached hydrogens (tertiary/aromatic N) is 4. The van der Waals surface area contributed by atoms with Crippen LogP contribution in [-0.2, 0) is 20.6 Å². The van der Waals surface area contributed by atoms with Gasteiger partial charge in [0.1, 0.15) is 5.60 Å². The summed E-state index contributed by atoms with van der Waals surface area (Å²) < 4.78 is 16.4. The highest BCUT2D eigenvalue weighted by molar-refractivity contribution is 5.89. The second kappa shape index (κ2) is 8.71. The molecular formula is C20H30N4O4. The lowest BCUT2D eigenvalue weighted by atomic mass is 9.91. The zero-order valence-corrected chi connectivity index (χ0v) is 16.6. The fourth-order valence-corrected chi connectivity index (χ4v) is 4.43. The monoisotopic (exact) mass is 390 g/mol. The number of anilines is 1. The van der Waals surface area contributed by atoms with Crippen molar-refractivity contribution in [3.05, 3.63) is 18.1 Å². The Hall–Kier alpha value is -1.77. The predicted molar refractivity (Wildman–Crippen MR) is 103 cm³/mol. The first-order valence-electron chi connectivity index (χ1n) is 10.3. The van der Waals surface area contributed by atoms with E-state index in [-0.39, 0.29) is 6.09 Å². The predicted octanol–water partition coefficient (Wildman–Crippen LogP) is 1.88. The molecule has 0 saturated carbocycles. The maximum Gasteiger partial charge on any atom is 0.416 e.